The van der Waals surface area contributed by atoms with E-state index in [-0.39, 0.29) is 0 Å². The highest BCUT2D eigenvalue weighted by atomic mass is 15.3. The van der Waals surface area contributed by atoms with Gasteiger partial charge in [-0.3, -0.25) is 0 Å². The second kappa shape index (κ2) is 6.41. The van der Waals surface area contributed by atoms with Crippen molar-refractivity contribution < 1.29 is 0 Å². The van der Waals surface area contributed by atoms with Crippen LogP contribution in [0.15, 0.2) is 24.3 Å². The molecule has 1 fully saturated rings. The number of piperidine rings is 1. The Labute approximate surface area is 153 Å². The predicted molar refractivity (Wildman–Crippen MR) is 101 cm³/mol. The molecule has 0 unspecified atom stereocenters. The van der Waals surface area contributed by atoms with Gasteiger partial charge in [-0.1, -0.05) is 12.1 Å². The van der Waals surface area contributed by atoms with Crippen LogP contribution in [0.4, 0.5) is 5.82 Å². The number of para-hydroxylation sites is 2. The van der Waals surface area contributed by atoms with Crippen LogP contribution < -0.4 is 4.90 Å². The molecule has 1 aliphatic heterocycles. The second-order valence-electron chi connectivity index (χ2n) is 6.96. The van der Waals surface area contributed by atoms with Crippen LogP contribution in [-0.4, -0.2) is 32.8 Å². The van der Waals surface area contributed by atoms with Gasteiger partial charge in [0.1, 0.15) is 17.5 Å². The largest absolute Gasteiger partial charge is 0.354 e. The molecule has 3 aromatic rings. The van der Waals surface area contributed by atoms with Crippen LogP contribution in [-0.2, 0) is 0 Å². The van der Waals surface area contributed by atoms with Crippen LogP contribution in [0.25, 0.3) is 11.0 Å². The molecule has 2 aromatic heterocycles. The van der Waals surface area contributed by atoms with E-state index in [1.807, 2.05) is 19.9 Å². The molecule has 0 radical (unpaired) electrons. The summed E-state index contributed by atoms with van der Waals surface area (Å²) in [6.45, 7) is 7.64. The number of benzene rings is 1. The van der Waals surface area contributed by atoms with Crippen molar-refractivity contribution in [1.82, 2.24) is 19.7 Å². The number of nitrogens with zero attached hydrogens (tertiary/aromatic N) is 6. The van der Waals surface area contributed by atoms with Crippen molar-refractivity contribution in [2.75, 3.05) is 18.0 Å². The monoisotopic (exact) mass is 346 g/mol. The van der Waals surface area contributed by atoms with Gasteiger partial charge >= 0.3 is 0 Å². The first kappa shape index (κ1) is 16.5. The molecular formula is C20H22N6. The third kappa shape index (κ3) is 2.60. The van der Waals surface area contributed by atoms with Gasteiger partial charge in [-0.15, -0.1) is 5.10 Å². The molecule has 0 amide bonds. The molecule has 1 aliphatic rings. The molecule has 1 saturated heterocycles. The van der Waals surface area contributed by atoms with Gasteiger partial charge in [0, 0.05) is 19.1 Å². The third-order valence-electron chi connectivity index (χ3n) is 5.45. The van der Waals surface area contributed by atoms with Gasteiger partial charge in [-0.25, -0.2) is 4.98 Å². The van der Waals surface area contributed by atoms with Crippen molar-refractivity contribution in [2.24, 2.45) is 0 Å². The number of hydrogen-bond donors (Lipinski definition) is 0. The van der Waals surface area contributed by atoms with Crippen LogP contribution in [0.5, 0.6) is 0 Å². The first-order valence-electron chi connectivity index (χ1n) is 9.02. The van der Waals surface area contributed by atoms with E-state index in [4.69, 9.17) is 4.98 Å². The average Bonchev–Trinajstić information content (AvgIpc) is 2.99. The molecule has 3 heterocycles. The predicted octanol–water partition coefficient (Wildman–Crippen LogP) is 3.46. The Balaban J connectivity index is 1.59. The molecule has 132 valence electrons. The van der Waals surface area contributed by atoms with Gasteiger partial charge in [-0.2, -0.15) is 10.4 Å². The zero-order chi connectivity index (χ0) is 18.3. The lowest BCUT2D eigenvalue weighted by Crippen LogP contribution is -2.36. The molecule has 0 atom stereocenters. The summed E-state index contributed by atoms with van der Waals surface area (Å²) in [7, 11) is 0. The van der Waals surface area contributed by atoms with Crippen LogP contribution in [0.2, 0.25) is 0 Å². The van der Waals surface area contributed by atoms with E-state index in [0.717, 1.165) is 54.3 Å². The zero-order valence-electron chi connectivity index (χ0n) is 15.4. The maximum Gasteiger partial charge on any atom is 0.169 e. The smallest absolute Gasteiger partial charge is 0.169 e. The first-order valence-corrected chi connectivity index (χ1v) is 9.02. The fourth-order valence-corrected chi connectivity index (χ4v) is 3.91. The maximum absolute atomic E-state index is 9.55. The van der Waals surface area contributed by atoms with Crippen molar-refractivity contribution in [2.45, 2.75) is 39.7 Å². The lowest BCUT2D eigenvalue weighted by molar-refractivity contribution is 0.396. The molecule has 0 saturated carbocycles. The van der Waals surface area contributed by atoms with Crippen molar-refractivity contribution >= 4 is 16.9 Å². The summed E-state index contributed by atoms with van der Waals surface area (Å²) in [4.78, 5) is 6.90. The highest BCUT2D eigenvalue weighted by Gasteiger charge is 2.26. The van der Waals surface area contributed by atoms with E-state index in [2.05, 4.69) is 50.9 Å². The number of nitriles is 1. The normalized spacial score (nSPS) is 15.4. The summed E-state index contributed by atoms with van der Waals surface area (Å²) in [5.41, 5.74) is 4.66. The fraction of sp³-hybridized carbons (Fsp3) is 0.400. The standard InChI is InChI=1S/C20H22N6/c1-13-14(2)23-24-20(17(13)12-21)25-10-8-16(9-11-25)26-15(3)22-18-6-4-5-7-19(18)26/h4-7,16H,8-11H2,1-3H3. The SMILES string of the molecule is Cc1nnc(N2CCC(n3c(C)nc4ccccc43)CC2)c(C#N)c1C. The van der Waals surface area contributed by atoms with E-state index in [1.165, 1.54) is 5.52 Å². The Morgan fingerprint density at radius 3 is 2.54 bits per heavy atom. The molecule has 4 rings (SSSR count). The minimum absolute atomic E-state index is 0.420. The lowest BCUT2D eigenvalue weighted by atomic mass is 10.0. The molecule has 26 heavy (non-hydrogen) atoms. The molecule has 0 N–H and O–H groups in total. The summed E-state index contributed by atoms with van der Waals surface area (Å²) in [5, 5.41) is 18.1. The number of imidazole rings is 1. The minimum atomic E-state index is 0.420. The van der Waals surface area contributed by atoms with Crippen molar-refractivity contribution in [1.29, 1.82) is 5.26 Å². The Morgan fingerprint density at radius 1 is 1.08 bits per heavy atom. The summed E-state index contributed by atoms with van der Waals surface area (Å²) in [6.07, 6.45) is 2.00. The number of fused-ring (bicyclic) bond motifs is 1. The van der Waals surface area contributed by atoms with Crippen LogP contribution in [0.1, 0.15) is 41.5 Å². The molecule has 6 heteroatoms. The summed E-state index contributed by atoms with van der Waals surface area (Å²) >= 11 is 0. The van der Waals surface area contributed by atoms with Gasteiger partial charge in [0.05, 0.1) is 16.7 Å². The van der Waals surface area contributed by atoms with E-state index in [0.29, 0.717) is 11.6 Å². The molecule has 6 nitrogen and oxygen atoms in total. The van der Waals surface area contributed by atoms with Gasteiger partial charge in [0.25, 0.3) is 0 Å². The Morgan fingerprint density at radius 2 is 1.81 bits per heavy atom. The molecule has 0 spiro atoms. The Hall–Kier alpha value is -2.94. The van der Waals surface area contributed by atoms with Gasteiger partial charge in [0.2, 0.25) is 0 Å². The summed E-state index contributed by atoms with van der Waals surface area (Å²) in [5.74, 6) is 1.79. The van der Waals surface area contributed by atoms with Gasteiger partial charge in [0.15, 0.2) is 5.82 Å². The van der Waals surface area contributed by atoms with E-state index >= 15 is 0 Å². The molecule has 0 bridgehead atoms. The maximum atomic E-state index is 9.55. The van der Waals surface area contributed by atoms with Crippen LogP contribution in [0, 0.1) is 32.1 Å². The molecular weight excluding hydrogens is 324 g/mol. The highest BCUT2D eigenvalue weighted by molar-refractivity contribution is 5.76. The quantitative estimate of drug-likeness (QED) is 0.710. The topological polar surface area (TPSA) is 70.6 Å². The van der Waals surface area contributed by atoms with E-state index in [1.54, 1.807) is 0 Å². The summed E-state index contributed by atoms with van der Waals surface area (Å²) in [6, 6.07) is 11.0. The Kier molecular flexibility index (Phi) is 4.08. The lowest BCUT2D eigenvalue weighted by Gasteiger charge is -2.34. The van der Waals surface area contributed by atoms with E-state index in [9.17, 15) is 5.26 Å². The second-order valence-corrected chi connectivity index (χ2v) is 6.96. The van der Waals surface area contributed by atoms with Crippen molar-refractivity contribution in [3.05, 3.63) is 46.9 Å². The number of hydrogen-bond acceptors (Lipinski definition) is 5. The van der Waals surface area contributed by atoms with Gasteiger partial charge < -0.3 is 9.47 Å². The number of anilines is 1. The van der Waals surface area contributed by atoms with Crippen molar-refractivity contribution in [3.8, 4) is 6.07 Å². The number of aryl methyl sites for hydroxylation is 2. The van der Waals surface area contributed by atoms with Crippen molar-refractivity contribution in [3.63, 3.8) is 0 Å². The van der Waals surface area contributed by atoms with Crippen LogP contribution in [0.3, 0.4) is 0 Å². The number of rotatable bonds is 2. The van der Waals surface area contributed by atoms with Crippen LogP contribution >= 0.6 is 0 Å². The molecule has 0 aliphatic carbocycles. The van der Waals surface area contributed by atoms with E-state index < -0.39 is 0 Å². The fourth-order valence-electron chi connectivity index (χ4n) is 3.91. The first-order chi connectivity index (χ1) is 12.6. The number of aromatic nitrogens is 4. The summed E-state index contributed by atoms with van der Waals surface area (Å²) < 4.78 is 2.37. The van der Waals surface area contributed by atoms with Gasteiger partial charge in [-0.05, 0) is 51.3 Å². The zero-order valence-corrected chi connectivity index (χ0v) is 15.4. The third-order valence-corrected chi connectivity index (χ3v) is 5.45. The minimum Gasteiger partial charge on any atom is -0.354 e. The Bertz CT molecular complexity index is 1010. The molecule has 1 aromatic carbocycles. The highest BCUT2D eigenvalue weighted by Crippen LogP contribution is 2.31. The average molecular weight is 346 g/mol.